The Morgan fingerprint density at radius 3 is 2.38 bits per heavy atom. The summed E-state index contributed by atoms with van der Waals surface area (Å²) in [7, 11) is 4.64. The van der Waals surface area contributed by atoms with E-state index in [0.717, 1.165) is 0 Å². The molecule has 0 saturated carbocycles. The van der Waals surface area contributed by atoms with Gasteiger partial charge in [-0.05, 0) is 13.3 Å². The van der Waals surface area contributed by atoms with Crippen LogP contribution in [0, 0.1) is 0 Å². The van der Waals surface area contributed by atoms with Gasteiger partial charge in [-0.1, -0.05) is 0 Å². The number of esters is 1. The van der Waals surface area contributed by atoms with Gasteiger partial charge in [0.2, 0.25) is 5.91 Å². The summed E-state index contributed by atoms with van der Waals surface area (Å²) in [4.78, 5) is 24.0. The lowest BCUT2D eigenvalue weighted by Gasteiger charge is -2.17. The Morgan fingerprint density at radius 1 is 1.25 bits per heavy atom. The topological polar surface area (TPSA) is 55.8 Å². The second-order valence-corrected chi connectivity index (χ2v) is 3.73. The molecule has 5 nitrogen and oxygen atoms in total. The van der Waals surface area contributed by atoms with E-state index in [1.807, 2.05) is 6.92 Å². The Hall–Kier alpha value is -1.10. The summed E-state index contributed by atoms with van der Waals surface area (Å²) in [6.07, 6.45) is 1.45. The molecule has 0 heterocycles. The second-order valence-electron chi connectivity index (χ2n) is 3.73. The number of methoxy groups -OCH3 is 2. The third-order valence-electron chi connectivity index (χ3n) is 2.47. The maximum absolute atomic E-state index is 11.6. The normalized spacial score (nSPS) is 12.0. The van der Waals surface area contributed by atoms with Crippen molar-refractivity contribution in [2.24, 2.45) is 0 Å². The number of ether oxygens (including phenoxy) is 2. The average Bonchev–Trinajstić information content (AvgIpc) is 2.31. The zero-order valence-corrected chi connectivity index (χ0v) is 10.5. The maximum atomic E-state index is 11.6. The fourth-order valence-corrected chi connectivity index (χ4v) is 1.12. The van der Waals surface area contributed by atoms with Crippen LogP contribution in [0.25, 0.3) is 0 Å². The summed E-state index contributed by atoms with van der Waals surface area (Å²) in [6, 6.07) is 0. The second kappa shape index (κ2) is 8.10. The minimum atomic E-state index is -0.301. The van der Waals surface area contributed by atoms with Gasteiger partial charge in [0.15, 0.2) is 0 Å². The standard InChI is InChI=1S/C11H21NO4/c1-9(15-3)5-6-10(13)12(2)8-7-11(14)16-4/h9H,5-8H2,1-4H3. The maximum Gasteiger partial charge on any atom is 0.307 e. The highest BCUT2D eigenvalue weighted by Crippen LogP contribution is 2.03. The number of carbonyl (C=O) groups excluding carboxylic acids is 2. The van der Waals surface area contributed by atoms with E-state index < -0.39 is 0 Å². The van der Waals surface area contributed by atoms with Gasteiger partial charge in [0.1, 0.15) is 0 Å². The van der Waals surface area contributed by atoms with Gasteiger partial charge in [0.25, 0.3) is 0 Å². The molecule has 0 rings (SSSR count). The lowest BCUT2D eigenvalue weighted by molar-refractivity contribution is -0.141. The van der Waals surface area contributed by atoms with Gasteiger partial charge in [0, 0.05) is 27.1 Å². The van der Waals surface area contributed by atoms with Crippen molar-refractivity contribution in [3.63, 3.8) is 0 Å². The highest BCUT2D eigenvalue weighted by molar-refractivity contribution is 5.77. The number of hydrogen-bond donors (Lipinski definition) is 0. The van der Waals surface area contributed by atoms with Crippen LogP contribution in [-0.2, 0) is 19.1 Å². The number of hydrogen-bond acceptors (Lipinski definition) is 4. The van der Waals surface area contributed by atoms with E-state index in [0.29, 0.717) is 19.4 Å². The monoisotopic (exact) mass is 231 g/mol. The molecule has 0 aliphatic carbocycles. The van der Waals surface area contributed by atoms with Gasteiger partial charge >= 0.3 is 5.97 Å². The summed E-state index contributed by atoms with van der Waals surface area (Å²) in [5, 5.41) is 0. The minimum absolute atomic E-state index is 0.0211. The predicted molar refractivity (Wildman–Crippen MR) is 60.0 cm³/mol. The summed E-state index contributed by atoms with van der Waals surface area (Å²) in [6.45, 7) is 2.31. The van der Waals surface area contributed by atoms with E-state index in [4.69, 9.17) is 4.74 Å². The van der Waals surface area contributed by atoms with Crippen molar-refractivity contribution < 1.29 is 19.1 Å². The summed E-state index contributed by atoms with van der Waals surface area (Å²) in [5.74, 6) is -0.280. The van der Waals surface area contributed by atoms with Crippen LogP contribution in [0.5, 0.6) is 0 Å². The molecule has 1 atom stereocenters. The molecular formula is C11H21NO4. The van der Waals surface area contributed by atoms with Gasteiger partial charge in [-0.25, -0.2) is 0 Å². The molecule has 94 valence electrons. The van der Waals surface area contributed by atoms with Gasteiger partial charge in [0.05, 0.1) is 19.6 Å². The van der Waals surface area contributed by atoms with E-state index in [9.17, 15) is 9.59 Å². The Kier molecular flexibility index (Phi) is 7.54. The first-order valence-corrected chi connectivity index (χ1v) is 5.34. The number of rotatable bonds is 7. The molecule has 0 aliphatic heterocycles. The molecule has 0 bridgehead atoms. The highest BCUT2D eigenvalue weighted by atomic mass is 16.5. The van der Waals surface area contributed by atoms with Crippen molar-refractivity contribution in [1.82, 2.24) is 4.90 Å². The molecule has 16 heavy (non-hydrogen) atoms. The van der Waals surface area contributed by atoms with Crippen LogP contribution < -0.4 is 0 Å². The SMILES string of the molecule is COC(=O)CCN(C)C(=O)CCC(C)OC. The van der Waals surface area contributed by atoms with E-state index in [1.165, 1.54) is 7.11 Å². The van der Waals surface area contributed by atoms with E-state index >= 15 is 0 Å². The lowest BCUT2D eigenvalue weighted by Crippen LogP contribution is -2.29. The van der Waals surface area contributed by atoms with Crippen LogP contribution in [0.15, 0.2) is 0 Å². The highest BCUT2D eigenvalue weighted by Gasteiger charge is 2.12. The Balaban J connectivity index is 3.77. The largest absolute Gasteiger partial charge is 0.469 e. The van der Waals surface area contributed by atoms with E-state index in [2.05, 4.69) is 4.74 Å². The molecule has 0 fully saturated rings. The molecule has 0 aromatic heterocycles. The zero-order valence-electron chi connectivity index (χ0n) is 10.5. The fraction of sp³-hybridized carbons (Fsp3) is 0.818. The third-order valence-corrected chi connectivity index (χ3v) is 2.47. The van der Waals surface area contributed by atoms with Crippen molar-refractivity contribution in [3.05, 3.63) is 0 Å². The van der Waals surface area contributed by atoms with Crippen LogP contribution in [0.2, 0.25) is 0 Å². The first kappa shape index (κ1) is 14.9. The van der Waals surface area contributed by atoms with Gasteiger partial charge in [-0.15, -0.1) is 0 Å². The number of amides is 1. The molecule has 5 heteroatoms. The van der Waals surface area contributed by atoms with Crippen LogP contribution in [-0.4, -0.2) is 50.7 Å². The number of nitrogens with zero attached hydrogens (tertiary/aromatic N) is 1. The predicted octanol–water partition coefficient (Wildman–Crippen LogP) is 0.823. The van der Waals surface area contributed by atoms with Crippen LogP contribution in [0.3, 0.4) is 0 Å². The van der Waals surface area contributed by atoms with Crippen molar-refractivity contribution in [2.75, 3.05) is 27.8 Å². The van der Waals surface area contributed by atoms with E-state index in [-0.39, 0.29) is 24.4 Å². The lowest BCUT2D eigenvalue weighted by atomic mass is 10.2. The smallest absolute Gasteiger partial charge is 0.307 e. The molecule has 1 amide bonds. The van der Waals surface area contributed by atoms with Crippen molar-refractivity contribution >= 4 is 11.9 Å². The summed E-state index contributed by atoms with van der Waals surface area (Å²) >= 11 is 0. The van der Waals surface area contributed by atoms with Gasteiger partial charge in [-0.2, -0.15) is 0 Å². The van der Waals surface area contributed by atoms with Crippen molar-refractivity contribution in [1.29, 1.82) is 0 Å². The summed E-state index contributed by atoms with van der Waals surface area (Å²) < 4.78 is 9.55. The van der Waals surface area contributed by atoms with Crippen molar-refractivity contribution in [2.45, 2.75) is 32.3 Å². The summed E-state index contributed by atoms with van der Waals surface area (Å²) in [5.41, 5.74) is 0. The zero-order chi connectivity index (χ0) is 12.6. The molecule has 0 aromatic rings. The molecule has 0 radical (unpaired) electrons. The molecule has 0 spiro atoms. The molecule has 0 saturated heterocycles. The molecule has 0 aliphatic rings. The average molecular weight is 231 g/mol. The Bertz CT molecular complexity index is 230. The van der Waals surface area contributed by atoms with Crippen molar-refractivity contribution in [3.8, 4) is 0 Å². The van der Waals surface area contributed by atoms with Gasteiger partial charge < -0.3 is 14.4 Å². The molecule has 0 N–H and O–H groups in total. The van der Waals surface area contributed by atoms with Crippen LogP contribution in [0.4, 0.5) is 0 Å². The fourth-order valence-electron chi connectivity index (χ4n) is 1.12. The molecule has 0 aromatic carbocycles. The first-order valence-electron chi connectivity index (χ1n) is 5.34. The Morgan fingerprint density at radius 2 is 1.88 bits per heavy atom. The number of carbonyl (C=O) groups is 2. The van der Waals surface area contributed by atoms with Crippen LogP contribution in [0.1, 0.15) is 26.2 Å². The quantitative estimate of drug-likeness (QED) is 0.609. The van der Waals surface area contributed by atoms with Gasteiger partial charge in [-0.3, -0.25) is 9.59 Å². The first-order chi connectivity index (χ1) is 7.51. The van der Waals surface area contributed by atoms with Crippen LogP contribution >= 0.6 is 0 Å². The molecular weight excluding hydrogens is 210 g/mol. The molecule has 1 unspecified atom stereocenters. The third kappa shape index (κ3) is 6.40. The van der Waals surface area contributed by atoms with E-state index in [1.54, 1.807) is 19.1 Å². The minimum Gasteiger partial charge on any atom is -0.469 e. The Labute approximate surface area is 96.7 Å².